The lowest BCUT2D eigenvalue weighted by molar-refractivity contribution is 0.0948. The SMILES string of the molecule is CC(Cl)CCCNC(=O)c1ccn[nH]1. The summed E-state index contributed by atoms with van der Waals surface area (Å²) in [4.78, 5) is 11.3. The summed E-state index contributed by atoms with van der Waals surface area (Å²) in [5, 5.41) is 9.23. The van der Waals surface area contributed by atoms with E-state index in [4.69, 9.17) is 11.6 Å². The normalized spacial score (nSPS) is 12.4. The molecule has 1 aromatic heterocycles. The molecule has 0 bridgehead atoms. The number of H-pyrrole nitrogens is 1. The largest absolute Gasteiger partial charge is 0.351 e. The molecule has 0 aliphatic carbocycles. The monoisotopic (exact) mass is 215 g/mol. The molecule has 0 fully saturated rings. The molecule has 0 saturated carbocycles. The minimum absolute atomic E-state index is 0.121. The van der Waals surface area contributed by atoms with Gasteiger partial charge in [-0.2, -0.15) is 5.10 Å². The third-order valence-electron chi connectivity index (χ3n) is 1.81. The van der Waals surface area contributed by atoms with Gasteiger partial charge >= 0.3 is 0 Å². The maximum Gasteiger partial charge on any atom is 0.269 e. The van der Waals surface area contributed by atoms with Crippen molar-refractivity contribution in [3.63, 3.8) is 0 Å². The second-order valence-corrected chi connectivity index (χ2v) is 3.89. The molecule has 0 aliphatic rings. The Balaban J connectivity index is 2.16. The van der Waals surface area contributed by atoms with Gasteiger partial charge in [-0.3, -0.25) is 9.89 Å². The molecule has 78 valence electrons. The fourth-order valence-corrected chi connectivity index (χ4v) is 1.22. The molecule has 0 aromatic carbocycles. The van der Waals surface area contributed by atoms with Crippen molar-refractivity contribution in [2.75, 3.05) is 6.54 Å². The first-order valence-electron chi connectivity index (χ1n) is 4.62. The van der Waals surface area contributed by atoms with Gasteiger partial charge in [-0.25, -0.2) is 0 Å². The highest BCUT2D eigenvalue weighted by Gasteiger charge is 2.05. The first-order chi connectivity index (χ1) is 6.70. The van der Waals surface area contributed by atoms with Crippen molar-refractivity contribution in [2.24, 2.45) is 0 Å². The van der Waals surface area contributed by atoms with E-state index in [9.17, 15) is 4.79 Å². The second kappa shape index (κ2) is 5.65. The third-order valence-corrected chi connectivity index (χ3v) is 2.03. The molecular formula is C9H14ClN3O. The Labute approximate surface area is 88.0 Å². The van der Waals surface area contributed by atoms with Crippen molar-refractivity contribution < 1.29 is 4.79 Å². The van der Waals surface area contributed by atoms with Crippen molar-refractivity contribution in [3.8, 4) is 0 Å². The van der Waals surface area contributed by atoms with E-state index in [-0.39, 0.29) is 11.3 Å². The van der Waals surface area contributed by atoms with Crippen LogP contribution in [0.5, 0.6) is 0 Å². The van der Waals surface area contributed by atoms with Gasteiger partial charge in [0.15, 0.2) is 0 Å². The van der Waals surface area contributed by atoms with Crippen LogP contribution in [0.2, 0.25) is 0 Å². The summed E-state index contributed by atoms with van der Waals surface area (Å²) in [6, 6.07) is 1.64. The number of aromatic amines is 1. The Morgan fingerprint density at radius 3 is 3.14 bits per heavy atom. The number of hydrogen-bond donors (Lipinski definition) is 2. The number of carbonyl (C=O) groups is 1. The van der Waals surface area contributed by atoms with Crippen LogP contribution in [0.3, 0.4) is 0 Å². The van der Waals surface area contributed by atoms with E-state index >= 15 is 0 Å². The van der Waals surface area contributed by atoms with Crippen LogP contribution in [-0.2, 0) is 0 Å². The molecule has 1 rings (SSSR count). The third kappa shape index (κ3) is 3.79. The predicted molar refractivity (Wildman–Crippen MR) is 55.5 cm³/mol. The van der Waals surface area contributed by atoms with Crippen LogP contribution in [0.4, 0.5) is 0 Å². The maximum atomic E-state index is 11.3. The number of alkyl halides is 1. The van der Waals surface area contributed by atoms with Gasteiger partial charge in [0.2, 0.25) is 0 Å². The summed E-state index contributed by atoms with van der Waals surface area (Å²) in [6.45, 7) is 2.59. The van der Waals surface area contributed by atoms with Gasteiger partial charge in [-0.15, -0.1) is 11.6 Å². The molecule has 1 aromatic rings. The summed E-state index contributed by atoms with van der Waals surface area (Å²) in [5.74, 6) is -0.121. The molecule has 0 aliphatic heterocycles. The zero-order valence-electron chi connectivity index (χ0n) is 8.09. The van der Waals surface area contributed by atoms with E-state index in [1.165, 1.54) is 0 Å². The molecule has 5 heteroatoms. The number of rotatable bonds is 5. The topological polar surface area (TPSA) is 57.8 Å². The Morgan fingerprint density at radius 1 is 1.79 bits per heavy atom. The van der Waals surface area contributed by atoms with E-state index in [0.717, 1.165) is 12.8 Å². The van der Waals surface area contributed by atoms with Gasteiger partial charge in [-0.1, -0.05) is 0 Å². The van der Waals surface area contributed by atoms with E-state index in [1.54, 1.807) is 12.3 Å². The molecule has 1 atom stereocenters. The minimum atomic E-state index is -0.121. The van der Waals surface area contributed by atoms with Crippen molar-refractivity contribution in [1.82, 2.24) is 15.5 Å². The summed E-state index contributed by atoms with van der Waals surface area (Å²) in [7, 11) is 0. The summed E-state index contributed by atoms with van der Waals surface area (Å²) in [6.07, 6.45) is 3.35. The van der Waals surface area contributed by atoms with Crippen molar-refractivity contribution in [2.45, 2.75) is 25.1 Å². The molecule has 0 saturated heterocycles. The van der Waals surface area contributed by atoms with Gasteiger partial charge in [-0.05, 0) is 25.8 Å². The summed E-state index contributed by atoms with van der Waals surface area (Å²) < 4.78 is 0. The first-order valence-corrected chi connectivity index (χ1v) is 5.05. The second-order valence-electron chi connectivity index (χ2n) is 3.15. The van der Waals surface area contributed by atoms with Crippen molar-refractivity contribution in [1.29, 1.82) is 0 Å². The molecule has 14 heavy (non-hydrogen) atoms. The molecule has 2 N–H and O–H groups in total. The van der Waals surface area contributed by atoms with Crippen LogP contribution < -0.4 is 5.32 Å². The number of aromatic nitrogens is 2. The van der Waals surface area contributed by atoms with Gasteiger partial charge < -0.3 is 5.32 Å². The highest BCUT2D eigenvalue weighted by Crippen LogP contribution is 2.02. The summed E-state index contributed by atoms with van der Waals surface area (Å²) in [5.41, 5.74) is 0.490. The maximum absolute atomic E-state index is 11.3. The Hall–Kier alpha value is -1.03. The van der Waals surface area contributed by atoms with Gasteiger partial charge in [0, 0.05) is 18.1 Å². The fraction of sp³-hybridized carbons (Fsp3) is 0.556. The Bertz CT molecular complexity index is 272. The smallest absolute Gasteiger partial charge is 0.269 e. The molecule has 1 amide bonds. The average Bonchev–Trinajstić information content (AvgIpc) is 2.64. The highest BCUT2D eigenvalue weighted by molar-refractivity contribution is 6.20. The molecule has 0 radical (unpaired) electrons. The van der Waals surface area contributed by atoms with Crippen molar-refractivity contribution >= 4 is 17.5 Å². The zero-order chi connectivity index (χ0) is 10.4. The number of nitrogens with zero attached hydrogens (tertiary/aromatic N) is 1. The molecule has 1 unspecified atom stereocenters. The zero-order valence-corrected chi connectivity index (χ0v) is 8.84. The number of hydrogen-bond acceptors (Lipinski definition) is 2. The van der Waals surface area contributed by atoms with Crippen molar-refractivity contribution in [3.05, 3.63) is 18.0 Å². The predicted octanol–water partition coefficient (Wildman–Crippen LogP) is 1.55. The van der Waals surface area contributed by atoms with Gasteiger partial charge in [0.05, 0.1) is 0 Å². The number of halogens is 1. The Morgan fingerprint density at radius 2 is 2.57 bits per heavy atom. The number of carbonyl (C=O) groups excluding carboxylic acids is 1. The fourth-order valence-electron chi connectivity index (χ4n) is 1.06. The van der Waals surface area contributed by atoms with Crippen LogP contribution in [-0.4, -0.2) is 28.0 Å². The van der Waals surface area contributed by atoms with E-state index in [0.29, 0.717) is 12.2 Å². The van der Waals surface area contributed by atoms with Crippen LogP contribution in [0.25, 0.3) is 0 Å². The van der Waals surface area contributed by atoms with E-state index < -0.39 is 0 Å². The van der Waals surface area contributed by atoms with Gasteiger partial charge in [0.25, 0.3) is 5.91 Å². The van der Waals surface area contributed by atoms with Crippen LogP contribution in [0.15, 0.2) is 12.3 Å². The standard InChI is InChI=1S/C9H14ClN3O/c1-7(10)3-2-5-11-9(14)8-4-6-12-13-8/h4,6-7H,2-3,5H2,1H3,(H,11,14)(H,12,13). The molecule has 4 nitrogen and oxygen atoms in total. The average molecular weight is 216 g/mol. The van der Waals surface area contributed by atoms with Crippen LogP contribution in [0, 0.1) is 0 Å². The molecule has 1 heterocycles. The number of amides is 1. The quantitative estimate of drug-likeness (QED) is 0.578. The lowest BCUT2D eigenvalue weighted by atomic mass is 10.2. The van der Waals surface area contributed by atoms with E-state index in [2.05, 4.69) is 15.5 Å². The molecule has 0 spiro atoms. The minimum Gasteiger partial charge on any atom is -0.351 e. The first kappa shape index (κ1) is 11.0. The van der Waals surface area contributed by atoms with Gasteiger partial charge in [0.1, 0.15) is 5.69 Å². The highest BCUT2D eigenvalue weighted by atomic mass is 35.5. The lowest BCUT2D eigenvalue weighted by Gasteiger charge is -2.04. The number of nitrogens with one attached hydrogen (secondary N) is 2. The van der Waals surface area contributed by atoms with Crippen LogP contribution in [0.1, 0.15) is 30.3 Å². The Kier molecular flexibility index (Phi) is 4.46. The van der Waals surface area contributed by atoms with Crippen LogP contribution >= 0.6 is 11.6 Å². The van der Waals surface area contributed by atoms with E-state index in [1.807, 2.05) is 6.92 Å². The summed E-state index contributed by atoms with van der Waals surface area (Å²) >= 11 is 5.76. The lowest BCUT2D eigenvalue weighted by Crippen LogP contribution is -2.25. The molecular weight excluding hydrogens is 202 g/mol.